The Labute approximate surface area is 160 Å². The molecule has 1 heterocycles. The number of hydrogen-bond donors (Lipinski definition) is 2. The third-order valence-corrected chi connectivity index (χ3v) is 5.70. The largest absolute Gasteiger partial charge is 0.454 e. The topological polar surface area (TPSA) is 111 Å². The van der Waals surface area contributed by atoms with Crippen LogP contribution >= 0.6 is 11.6 Å². The van der Waals surface area contributed by atoms with Crippen LogP contribution in [-0.4, -0.2) is 32.8 Å². The zero-order valence-corrected chi connectivity index (χ0v) is 15.5. The maximum atomic E-state index is 12.2. The van der Waals surface area contributed by atoms with E-state index in [2.05, 4.69) is 10.9 Å². The molecule has 0 bridgehead atoms. The standard InChI is InChI=1S/C17H15ClN2O6S/c18-12-2-4-13(5-3-12)27(23,24)8-7-16(21)19-20-17(22)11-1-6-14-15(9-11)26-10-25-14/h1-6,9H,7-8,10H2,(H,19,21)(H,20,22). The van der Waals surface area contributed by atoms with E-state index in [0.29, 0.717) is 16.5 Å². The molecule has 0 unspecified atom stereocenters. The van der Waals surface area contributed by atoms with Crippen LogP contribution in [0.25, 0.3) is 0 Å². The molecule has 2 aromatic rings. The molecule has 1 aliphatic rings. The fraction of sp³-hybridized carbons (Fsp3) is 0.176. The molecule has 0 saturated carbocycles. The summed E-state index contributed by atoms with van der Waals surface area (Å²) in [6.07, 6.45) is -0.313. The van der Waals surface area contributed by atoms with Crippen molar-refractivity contribution >= 4 is 33.3 Å². The zero-order chi connectivity index (χ0) is 19.4. The summed E-state index contributed by atoms with van der Waals surface area (Å²) in [4.78, 5) is 24.0. The lowest BCUT2D eigenvalue weighted by molar-refractivity contribution is -0.121. The van der Waals surface area contributed by atoms with Crippen LogP contribution in [0.15, 0.2) is 47.4 Å². The molecule has 142 valence electrons. The lowest BCUT2D eigenvalue weighted by Crippen LogP contribution is -2.42. The maximum Gasteiger partial charge on any atom is 0.269 e. The average Bonchev–Trinajstić information content (AvgIpc) is 3.12. The predicted molar refractivity (Wildman–Crippen MR) is 96.3 cm³/mol. The quantitative estimate of drug-likeness (QED) is 0.726. The second kappa shape index (κ2) is 7.85. The molecule has 1 aliphatic heterocycles. The summed E-state index contributed by atoms with van der Waals surface area (Å²) < 4.78 is 34.7. The average molecular weight is 411 g/mol. The number of rotatable bonds is 5. The number of benzene rings is 2. The Hall–Kier alpha value is -2.78. The van der Waals surface area contributed by atoms with Gasteiger partial charge in [-0.25, -0.2) is 8.42 Å². The first-order valence-corrected chi connectivity index (χ1v) is 9.85. The van der Waals surface area contributed by atoms with Crippen molar-refractivity contribution in [2.75, 3.05) is 12.5 Å². The van der Waals surface area contributed by atoms with Crippen molar-refractivity contribution in [2.24, 2.45) is 0 Å². The minimum absolute atomic E-state index is 0.0732. The Balaban J connectivity index is 1.50. The number of nitrogens with one attached hydrogen (secondary N) is 2. The second-order valence-corrected chi connectivity index (χ2v) is 8.14. The first-order valence-electron chi connectivity index (χ1n) is 7.82. The highest BCUT2D eigenvalue weighted by molar-refractivity contribution is 7.91. The SMILES string of the molecule is O=C(CCS(=O)(=O)c1ccc(Cl)cc1)NNC(=O)c1ccc2c(c1)OCO2. The van der Waals surface area contributed by atoms with Crippen molar-refractivity contribution < 1.29 is 27.5 Å². The highest BCUT2D eigenvalue weighted by Crippen LogP contribution is 2.32. The highest BCUT2D eigenvalue weighted by atomic mass is 35.5. The normalized spacial score (nSPS) is 12.5. The maximum absolute atomic E-state index is 12.2. The smallest absolute Gasteiger partial charge is 0.269 e. The molecule has 0 aliphatic carbocycles. The Morgan fingerprint density at radius 3 is 2.44 bits per heavy atom. The fourth-order valence-corrected chi connectivity index (χ4v) is 3.65. The zero-order valence-electron chi connectivity index (χ0n) is 13.9. The number of fused-ring (bicyclic) bond motifs is 1. The second-order valence-electron chi connectivity index (χ2n) is 5.59. The van der Waals surface area contributed by atoms with Crippen LogP contribution in [0.5, 0.6) is 11.5 Å². The van der Waals surface area contributed by atoms with Gasteiger partial charge in [0.05, 0.1) is 10.6 Å². The number of carbonyl (C=O) groups excluding carboxylic acids is 2. The van der Waals surface area contributed by atoms with Crippen molar-refractivity contribution in [1.82, 2.24) is 10.9 Å². The number of carbonyl (C=O) groups is 2. The summed E-state index contributed by atoms with van der Waals surface area (Å²) in [7, 11) is -3.63. The molecule has 10 heteroatoms. The van der Waals surface area contributed by atoms with Gasteiger partial charge in [0.15, 0.2) is 21.3 Å². The summed E-state index contributed by atoms with van der Waals surface area (Å²) in [5.74, 6) is -0.643. The third kappa shape index (κ3) is 4.69. The molecular formula is C17H15ClN2O6S. The van der Waals surface area contributed by atoms with E-state index in [0.717, 1.165) is 0 Å². The molecule has 0 fully saturated rings. The molecule has 2 amide bonds. The van der Waals surface area contributed by atoms with Crippen LogP contribution in [0.3, 0.4) is 0 Å². The molecule has 2 aromatic carbocycles. The van der Waals surface area contributed by atoms with Crippen LogP contribution in [0.1, 0.15) is 16.8 Å². The Morgan fingerprint density at radius 1 is 1.00 bits per heavy atom. The number of ether oxygens (including phenoxy) is 2. The summed E-state index contributed by atoms with van der Waals surface area (Å²) >= 11 is 5.73. The Bertz CT molecular complexity index is 975. The van der Waals surface area contributed by atoms with E-state index in [1.165, 1.54) is 36.4 Å². The van der Waals surface area contributed by atoms with Crippen molar-refractivity contribution in [3.63, 3.8) is 0 Å². The third-order valence-electron chi connectivity index (χ3n) is 3.72. The molecule has 0 saturated heterocycles. The van der Waals surface area contributed by atoms with Gasteiger partial charge in [-0.1, -0.05) is 11.6 Å². The van der Waals surface area contributed by atoms with E-state index < -0.39 is 27.4 Å². The van der Waals surface area contributed by atoms with E-state index in [1.54, 1.807) is 6.07 Å². The molecule has 3 rings (SSSR count). The summed E-state index contributed by atoms with van der Waals surface area (Å²) in [5.41, 5.74) is 4.67. The summed E-state index contributed by atoms with van der Waals surface area (Å²) in [6.45, 7) is 0.0826. The van der Waals surface area contributed by atoms with Gasteiger partial charge in [-0.15, -0.1) is 0 Å². The van der Waals surface area contributed by atoms with Crippen LogP contribution in [0.2, 0.25) is 5.02 Å². The van der Waals surface area contributed by atoms with Crippen molar-refractivity contribution in [1.29, 1.82) is 0 Å². The van der Waals surface area contributed by atoms with Gasteiger partial charge >= 0.3 is 0 Å². The van der Waals surface area contributed by atoms with Gasteiger partial charge in [-0.2, -0.15) is 0 Å². The van der Waals surface area contributed by atoms with Gasteiger partial charge < -0.3 is 9.47 Å². The van der Waals surface area contributed by atoms with Crippen molar-refractivity contribution in [3.8, 4) is 11.5 Å². The van der Waals surface area contributed by atoms with Gasteiger partial charge in [0.2, 0.25) is 12.7 Å². The minimum atomic E-state index is -3.63. The van der Waals surface area contributed by atoms with Crippen LogP contribution in [0.4, 0.5) is 0 Å². The van der Waals surface area contributed by atoms with Crippen LogP contribution < -0.4 is 20.3 Å². The molecule has 27 heavy (non-hydrogen) atoms. The molecule has 8 nitrogen and oxygen atoms in total. The molecular weight excluding hydrogens is 396 g/mol. The molecule has 0 radical (unpaired) electrons. The van der Waals surface area contributed by atoms with Crippen LogP contribution in [0, 0.1) is 0 Å². The van der Waals surface area contributed by atoms with Crippen molar-refractivity contribution in [2.45, 2.75) is 11.3 Å². The lowest BCUT2D eigenvalue weighted by atomic mass is 10.2. The van der Waals surface area contributed by atoms with Gasteiger partial charge in [0.1, 0.15) is 0 Å². The van der Waals surface area contributed by atoms with Crippen molar-refractivity contribution in [3.05, 3.63) is 53.1 Å². The Morgan fingerprint density at radius 2 is 1.70 bits per heavy atom. The molecule has 2 N–H and O–H groups in total. The number of amides is 2. The molecule has 0 aromatic heterocycles. The molecule has 0 atom stereocenters. The monoisotopic (exact) mass is 410 g/mol. The number of hydrazine groups is 1. The highest BCUT2D eigenvalue weighted by Gasteiger charge is 2.18. The van der Waals surface area contributed by atoms with E-state index in [-0.39, 0.29) is 23.7 Å². The van der Waals surface area contributed by atoms with Gasteiger partial charge in [-0.05, 0) is 42.5 Å². The number of sulfone groups is 1. The number of halogens is 1. The van der Waals surface area contributed by atoms with Gasteiger partial charge in [0, 0.05) is 17.0 Å². The van der Waals surface area contributed by atoms with E-state index in [9.17, 15) is 18.0 Å². The first-order chi connectivity index (χ1) is 12.8. The minimum Gasteiger partial charge on any atom is -0.454 e. The van der Waals surface area contributed by atoms with E-state index in [1.807, 2.05) is 0 Å². The lowest BCUT2D eigenvalue weighted by Gasteiger charge is -2.08. The van der Waals surface area contributed by atoms with Gasteiger partial charge in [-0.3, -0.25) is 20.4 Å². The van der Waals surface area contributed by atoms with Gasteiger partial charge in [0.25, 0.3) is 5.91 Å². The molecule has 0 spiro atoms. The van der Waals surface area contributed by atoms with E-state index >= 15 is 0 Å². The van der Waals surface area contributed by atoms with Crippen LogP contribution in [-0.2, 0) is 14.6 Å². The number of hydrogen-bond acceptors (Lipinski definition) is 6. The van der Waals surface area contributed by atoms with E-state index in [4.69, 9.17) is 21.1 Å². The Kier molecular flexibility index (Phi) is 5.52. The first kappa shape index (κ1) is 19.0. The summed E-state index contributed by atoms with van der Waals surface area (Å²) in [6, 6.07) is 10.2. The fourth-order valence-electron chi connectivity index (χ4n) is 2.29. The summed E-state index contributed by atoms with van der Waals surface area (Å²) in [5, 5.41) is 0.415. The predicted octanol–water partition coefficient (Wildman–Crippen LogP) is 1.69.